The van der Waals surface area contributed by atoms with E-state index >= 15 is 0 Å². The lowest BCUT2D eigenvalue weighted by atomic mass is 10.0. The van der Waals surface area contributed by atoms with E-state index < -0.39 is 22.0 Å². The van der Waals surface area contributed by atoms with Gasteiger partial charge >= 0.3 is 0 Å². The maximum atomic E-state index is 12.9. The molecule has 0 aromatic heterocycles. The van der Waals surface area contributed by atoms with E-state index in [-0.39, 0.29) is 42.0 Å². The van der Waals surface area contributed by atoms with Crippen molar-refractivity contribution in [2.45, 2.75) is 50.8 Å². The minimum absolute atomic E-state index is 0.0844. The van der Waals surface area contributed by atoms with Gasteiger partial charge in [-0.05, 0) is 44.0 Å². The molecule has 0 saturated carbocycles. The first kappa shape index (κ1) is 23.3. The first-order valence-corrected chi connectivity index (χ1v) is 11.1. The highest BCUT2D eigenvalue weighted by Gasteiger charge is 2.32. The number of nitrogens with one attached hydrogen (secondary N) is 1. The summed E-state index contributed by atoms with van der Waals surface area (Å²) in [6, 6.07) is 5.12. The maximum Gasteiger partial charge on any atom is 0.251 e. The van der Waals surface area contributed by atoms with Crippen LogP contribution >= 0.6 is 0 Å². The zero-order valence-corrected chi connectivity index (χ0v) is 18.7. The Morgan fingerprint density at radius 1 is 1.10 bits per heavy atom. The van der Waals surface area contributed by atoms with Crippen LogP contribution in [0.4, 0.5) is 0 Å². The maximum absolute atomic E-state index is 12.9. The SMILES string of the molecule is CC(C)[C@@H](NC(=O)c1ccc(S(=O)(=O)N2C[C@@H](C)O[C@@H](C)C2)cc1)C(=O)N(C)C. The van der Waals surface area contributed by atoms with Crippen LogP contribution < -0.4 is 5.32 Å². The Labute approximate surface area is 173 Å². The molecule has 1 aliphatic heterocycles. The molecule has 29 heavy (non-hydrogen) atoms. The van der Waals surface area contributed by atoms with Gasteiger partial charge in [-0.3, -0.25) is 9.59 Å². The summed E-state index contributed by atoms with van der Waals surface area (Å²) in [5.74, 6) is -0.696. The number of sulfonamides is 1. The van der Waals surface area contributed by atoms with Gasteiger partial charge in [0.1, 0.15) is 6.04 Å². The molecule has 1 fully saturated rings. The Morgan fingerprint density at radius 3 is 2.07 bits per heavy atom. The molecule has 0 unspecified atom stereocenters. The molecule has 0 spiro atoms. The summed E-state index contributed by atoms with van der Waals surface area (Å²) in [7, 11) is -0.399. The number of amides is 2. The van der Waals surface area contributed by atoms with Crippen molar-refractivity contribution in [2.75, 3.05) is 27.2 Å². The standard InChI is InChI=1S/C20H31N3O5S/c1-13(2)18(20(25)22(5)6)21-19(24)16-7-9-17(10-8-16)29(26,27)23-11-14(3)28-15(4)12-23/h7-10,13-15,18H,11-12H2,1-6H3,(H,21,24)/t14-,15+,18-/m1/s1. The molecular formula is C20H31N3O5S. The molecule has 0 radical (unpaired) electrons. The number of benzene rings is 1. The number of likely N-dealkylation sites (N-methyl/N-ethyl adjacent to an activating group) is 1. The quantitative estimate of drug-likeness (QED) is 0.742. The normalized spacial score (nSPS) is 21.6. The minimum atomic E-state index is -3.67. The summed E-state index contributed by atoms with van der Waals surface area (Å²) in [4.78, 5) is 26.4. The summed E-state index contributed by atoms with van der Waals surface area (Å²) in [6.07, 6.45) is -0.360. The summed E-state index contributed by atoms with van der Waals surface area (Å²) in [5.41, 5.74) is 0.296. The van der Waals surface area contributed by atoms with Crippen molar-refractivity contribution in [1.82, 2.24) is 14.5 Å². The number of carbonyl (C=O) groups excluding carboxylic acids is 2. The number of hydrogen-bond donors (Lipinski definition) is 1. The van der Waals surface area contributed by atoms with Gasteiger partial charge < -0.3 is 15.0 Å². The van der Waals surface area contributed by atoms with Crippen molar-refractivity contribution in [1.29, 1.82) is 0 Å². The molecule has 1 saturated heterocycles. The lowest BCUT2D eigenvalue weighted by Crippen LogP contribution is -2.49. The molecule has 1 aliphatic rings. The van der Waals surface area contributed by atoms with E-state index in [9.17, 15) is 18.0 Å². The second-order valence-electron chi connectivity index (χ2n) is 8.03. The number of morpholine rings is 1. The Morgan fingerprint density at radius 2 is 1.62 bits per heavy atom. The zero-order chi connectivity index (χ0) is 21.9. The third-order valence-corrected chi connectivity index (χ3v) is 6.65. The molecule has 0 bridgehead atoms. The molecule has 3 atom stereocenters. The molecule has 8 nitrogen and oxygen atoms in total. The van der Waals surface area contributed by atoms with Gasteiger partial charge in [-0.2, -0.15) is 4.31 Å². The van der Waals surface area contributed by atoms with Gasteiger partial charge in [-0.25, -0.2) is 8.42 Å². The number of rotatable bonds is 6. The van der Waals surface area contributed by atoms with Gasteiger partial charge in [-0.1, -0.05) is 13.8 Å². The van der Waals surface area contributed by atoms with Gasteiger partial charge in [0, 0.05) is 32.7 Å². The van der Waals surface area contributed by atoms with Gasteiger partial charge in [0.05, 0.1) is 17.1 Å². The van der Waals surface area contributed by atoms with Crippen molar-refractivity contribution in [3.63, 3.8) is 0 Å². The van der Waals surface area contributed by atoms with Crippen molar-refractivity contribution in [3.05, 3.63) is 29.8 Å². The summed E-state index contributed by atoms with van der Waals surface area (Å²) in [5, 5.41) is 2.74. The Bertz CT molecular complexity index is 826. The lowest BCUT2D eigenvalue weighted by molar-refractivity contribution is -0.131. The zero-order valence-electron chi connectivity index (χ0n) is 17.9. The highest BCUT2D eigenvalue weighted by molar-refractivity contribution is 7.89. The fourth-order valence-corrected chi connectivity index (χ4v) is 4.86. The summed E-state index contributed by atoms with van der Waals surface area (Å²) >= 11 is 0. The largest absolute Gasteiger partial charge is 0.373 e. The van der Waals surface area contributed by atoms with Crippen molar-refractivity contribution >= 4 is 21.8 Å². The topological polar surface area (TPSA) is 96.0 Å². The Balaban J connectivity index is 2.16. The molecular weight excluding hydrogens is 394 g/mol. The van der Waals surface area contributed by atoms with Gasteiger partial charge in [0.25, 0.3) is 5.91 Å². The molecule has 1 heterocycles. The van der Waals surface area contributed by atoms with E-state index in [0.717, 1.165) is 0 Å². The monoisotopic (exact) mass is 425 g/mol. The van der Waals surface area contributed by atoms with Crippen molar-refractivity contribution in [2.24, 2.45) is 5.92 Å². The Kier molecular flexibility index (Phi) is 7.42. The fourth-order valence-electron chi connectivity index (χ4n) is 3.27. The average molecular weight is 426 g/mol. The van der Waals surface area contributed by atoms with Crippen LogP contribution in [-0.4, -0.2) is 74.9 Å². The molecule has 1 aromatic rings. The molecule has 0 aliphatic carbocycles. The summed E-state index contributed by atoms with van der Waals surface area (Å²) in [6.45, 7) is 7.96. The predicted molar refractivity (Wildman–Crippen MR) is 110 cm³/mol. The van der Waals surface area contributed by atoms with E-state index in [0.29, 0.717) is 5.56 Å². The van der Waals surface area contributed by atoms with Crippen LogP contribution in [0.5, 0.6) is 0 Å². The molecule has 2 amide bonds. The highest BCUT2D eigenvalue weighted by atomic mass is 32.2. The number of hydrogen-bond acceptors (Lipinski definition) is 5. The molecule has 1 N–H and O–H groups in total. The molecule has 1 aromatic carbocycles. The molecule has 162 valence electrons. The second kappa shape index (κ2) is 9.23. The third-order valence-electron chi connectivity index (χ3n) is 4.80. The van der Waals surface area contributed by atoms with E-state index in [2.05, 4.69) is 5.32 Å². The van der Waals surface area contributed by atoms with E-state index in [1.165, 1.54) is 33.5 Å². The first-order valence-electron chi connectivity index (χ1n) is 9.71. The van der Waals surface area contributed by atoms with E-state index in [1.807, 2.05) is 27.7 Å². The van der Waals surface area contributed by atoms with Crippen LogP contribution in [0.3, 0.4) is 0 Å². The first-order chi connectivity index (χ1) is 13.4. The number of carbonyl (C=O) groups is 2. The fraction of sp³-hybridized carbons (Fsp3) is 0.600. The average Bonchev–Trinajstić information content (AvgIpc) is 2.64. The minimum Gasteiger partial charge on any atom is -0.373 e. The van der Waals surface area contributed by atoms with Crippen LogP contribution in [0.1, 0.15) is 38.1 Å². The molecule has 2 rings (SSSR count). The molecule has 9 heteroatoms. The second-order valence-corrected chi connectivity index (χ2v) is 9.97. The van der Waals surface area contributed by atoms with Crippen LogP contribution in [0.25, 0.3) is 0 Å². The summed E-state index contributed by atoms with van der Waals surface area (Å²) < 4.78 is 32.8. The third kappa shape index (κ3) is 5.55. The Hall–Kier alpha value is -1.97. The predicted octanol–water partition coefficient (Wildman–Crippen LogP) is 1.33. The van der Waals surface area contributed by atoms with Crippen LogP contribution in [0, 0.1) is 5.92 Å². The van der Waals surface area contributed by atoms with Crippen LogP contribution in [0.15, 0.2) is 29.2 Å². The number of ether oxygens (including phenoxy) is 1. The van der Waals surface area contributed by atoms with Gasteiger partial charge in [0.15, 0.2) is 0 Å². The number of nitrogens with zero attached hydrogens (tertiary/aromatic N) is 2. The van der Waals surface area contributed by atoms with E-state index in [1.54, 1.807) is 14.1 Å². The van der Waals surface area contributed by atoms with Crippen molar-refractivity contribution in [3.8, 4) is 0 Å². The highest BCUT2D eigenvalue weighted by Crippen LogP contribution is 2.21. The van der Waals surface area contributed by atoms with Gasteiger partial charge in [0.2, 0.25) is 15.9 Å². The smallest absolute Gasteiger partial charge is 0.251 e. The van der Waals surface area contributed by atoms with Crippen molar-refractivity contribution < 1.29 is 22.7 Å². The lowest BCUT2D eigenvalue weighted by Gasteiger charge is -2.34. The van der Waals surface area contributed by atoms with E-state index in [4.69, 9.17) is 4.74 Å². The van der Waals surface area contributed by atoms with Gasteiger partial charge in [-0.15, -0.1) is 0 Å². The van der Waals surface area contributed by atoms with Crippen LogP contribution in [-0.2, 0) is 19.6 Å². The van der Waals surface area contributed by atoms with Crippen LogP contribution in [0.2, 0.25) is 0 Å².